The van der Waals surface area contributed by atoms with Crippen molar-refractivity contribution < 1.29 is 18.3 Å². The number of ketones is 1. The first-order chi connectivity index (χ1) is 9.42. The van der Waals surface area contributed by atoms with Gasteiger partial charge in [-0.15, -0.1) is 0 Å². The second-order valence-electron chi connectivity index (χ2n) is 4.59. The van der Waals surface area contributed by atoms with Gasteiger partial charge >= 0.3 is 0 Å². The molecule has 2 rings (SSSR count). The third-order valence-electron chi connectivity index (χ3n) is 3.15. The molecular weight excluding hydrogens is 302 g/mol. The molecule has 1 unspecified atom stereocenters. The quantitative estimate of drug-likeness (QED) is 0.661. The molecule has 1 aliphatic carbocycles. The maximum atomic E-state index is 12.2. The van der Waals surface area contributed by atoms with Crippen LogP contribution in [0.15, 0.2) is 41.0 Å². The number of carbonyl (C=O) groups is 1. The first-order valence-electron chi connectivity index (χ1n) is 6.07. The molecule has 0 bridgehead atoms. The third kappa shape index (κ3) is 3.39. The Balaban J connectivity index is 2.13. The van der Waals surface area contributed by atoms with E-state index in [0.717, 1.165) is 6.26 Å². The number of aliphatic hydroxyl groups excluding tert-OH is 1. The van der Waals surface area contributed by atoms with Crippen LogP contribution in [0.1, 0.15) is 19.3 Å². The molecule has 0 aliphatic heterocycles. The van der Waals surface area contributed by atoms with Crippen LogP contribution in [0.3, 0.4) is 0 Å². The fourth-order valence-electron chi connectivity index (χ4n) is 2.07. The lowest BCUT2D eigenvalue weighted by molar-refractivity contribution is -0.116. The molecule has 2 N–H and O–H groups in total. The van der Waals surface area contributed by atoms with Crippen molar-refractivity contribution in [2.45, 2.75) is 30.2 Å². The zero-order valence-electron chi connectivity index (χ0n) is 10.5. The topological polar surface area (TPSA) is 83.5 Å². The molecule has 7 heteroatoms. The molecule has 1 aromatic rings. The van der Waals surface area contributed by atoms with Gasteiger partial charge in [0.1, 0.15) is 0 Å². The summed E-state index contributed by atoms with van der Waals surface area (Å²) in [6.07, 6.45) is 1.59. The SMILES string of the molecule is O=C1CCC(NS(=O)(=O)c2ccc(Cl)cc2)CC1=CO. The summed E-state index contributed by atoms with van der Waals surface area (Å²) in [5.41, 5.74) is 0.250. The number of nitrogens with one attached hydrogen (secondary N) is 1. The van der Waals surface area contributed by atoms with Crippen molar-refractivity contribution in [2.24, 2.45) is 0 Å². The molecule has 1 fully saturated rings. The van der Waals surface area contributed by atoms with Crippen LogP contribution < -0.4 is 4.72 Å². The van der Waals surface area contributed by atoms with Crippen molar-refractivity contribution in [3.8, 4) is 0 Å². The van der Waals surface area contributed by atoms with Crippen LogP contribution >= 0.6 is 11.6 Å². The van der Waals surface area contributed by atoms with E-state index >= 15 is 0 Å². The molecule has 108 valence electrons. The van der Waals surface area contributed by atoms with E-state index in [9.17, 15) is 13.2 Å². The van der Waals surface area contributed by atoms with Crippen LogP contribution in [0.2, 0.25) is 5.02 Å². The van der Waals surface area contributed by atoms with Gasteiger partial charge in [0.25, 0.3) is 0 Å². The van der Waals surface area contributed by atoms with Crippen LogP contribution in [0.25, 0.3) is 0 Å². The maximum Gasteiger partial charge on any atom is 0.240 e. The molecule has 0 amide bonds. The summed E-state index contributed by atoms with van der Waals surface area (Å²) in [6, 6.07) is 5.44. The zero-order chi connectivity index (χ0) is 14.8. The highest BCUT2D eigenvalue weighted by Gasteiger charge is 2.27. The van der Waals surface area contributed by atoms with Crippen molar-refractivity contribution >= 4 is 27.4 Å². The van der Waals surface area contributed by atoms with E-state index in [-0.39, 0.29) is 29.1 Å². The van der Waals surface area contributed by atoms with E-state index in [4.69, 9.17) is 16.7 Å². The first kappa shape index (κ1) is 15.0. The van der Waals surface area contributed by atoms with E-state index in [1.54, 1.807) is 0 Å². The first-order valence-corrected chi connectivity index (χ1v) is 7.93. The smallest absolute Gasteiger partial charge is 0.240 e. The minimum Gasteiger partial charge on any atom is -0.515 e. The lowest BCUT2D eigenvalue weighted by Crippen LogP contribution is -2.38. The van der Waals surface area contributed by atoms with Crippen molar-refractivity contribution in [1.29, 1.82) is 0 Å². The van der Waals surface area contributed by atoms with Gasteiger partial charge in [0.05, 0.1) is 11.2 Å². The van der Waals surface area contributed by atoms with Crippen LogP contribution in [0.4, 0.5) is 0 Å². The minimum absolute atomic E-state index is 0.119. The second kappa shape index (κ2) is 5.95. The maximum absolute atomic E-state index is 12.2. The largest absolute Gasteiger partial charge is 0.515 e. The minimum atomic E-state index is -3.65. The summed E-state index contributed by atoms with van der Waals surface area (Å²) < 4.78 is 26.9. The monoisotopic (exact) mass is 315 g/mol. The Morgan fingerprint density at radius 2 is 1.95 bits per heavy atom. The fraction of sp³-hybridized carbons (Fsp3) is 0.308. The van der Waals surface area contributed by atoms with Crippen LogP contribution in [0, 0.1) is 0 Å². The highest BCUT2D eigenvalue weighted by molar-refractivity contribution is 7.89. The molecule has 1 saturated carbocycles. The van der Waals surface area contributed by atoms with Gasteiger partial charge < -0.3 is 5.11 Å². The number of hydrogen-bond donors (Lipinski definition) is 2. The van der Waals surface area contributed by atoms with Crippen molar-refractivity contribution in [3.63, 3.8) is 0 Å². The van der Waals surface area contributed by atoms with Gasteiger partial charge in [0, 0.05) is 23.1 Å². The number of hydrogen-bond acceptors (Lipinski definition) is 4. The van der Waals surface area contributed by atoms with E-state index in [0.29, 0.717) is 11.4 Å². The van der Waals surface area contributed by atoms with E-state index < -0.39 is 16.1 Å². The van der Waals surface area contributed by atoms with Gasteiger partial charge in [0.15, 0.2) is 5.78 Å². The van der Waals surface area contributed by atoms with Crippen molar-refractivity contribution in [1.82, 2.24) is 4.72 Å². The lowest BCUT2D eigenvalue weighted by Gasteiger charge is -2.23. The molecule has 0 spiro atoms. The number of halogens is 1. The van der Waals surface area contributed by atoms with Gasteiger partial charge in [-0.3, -0.25) is 4.79 Å². The summed E-state index contributed by atoms with van der Waals surface area (Å²) >= 11 is 5.72. The molecule has 0 heterocycles. The molecule has 1 aromatic carbocycles. The molecule has 0 saturated heterocycles. The fourth-order valence-corrected chi connectivity index (χ4v) is 3.47. The standard InChI is InChI=1S/C13H14ClNO4S/c14-10-1-4-12(5-2-10)20(18,19)15-11-3-6-13(17)9(7-11)8-16/h1-2,4-5,8,11,15-16H,3,6-7H2. The van der Waals surface area contributed by atoms with Gasteiger partial charge in [-0.2, -0.15) is 0 Å². The molecule has 20 heavy (non-hydrogen) atoms. The molecule has 1 aliphatic rings. The van der Waals surface area contributed by atoms with Crippen LogP contribution in [0.5, 0.6) is 0 Å². The summed E-state index contributed by atoms with van der Waals surface area (Å²) in [5.74, 6) is -0.144. The molecular formula is C13H14ClNO4S. The summed E-state index contributed by atoms with van der Waals surface area (Å²) in [7, 11) is -3.65. The Hall–Kier alpha value is -1.37. The average Bonchev–Trinajstić information content (AvgIpc) is 2.41. The molecule has 5 nitrogen and oxygen atoms in total. The lowest BCUT2D eigenvalue weighted by atomic mass is 9.91. The number of carbonyl (C=O) groups excluding carboxylic acids is 1. The highest BCUT2D eigenvalue weighted by atomic mass is 35.5. The van der Waals surface area contributed by atoms with E-state index in [2.05, 4.69) is 4.72 Å². The molecule has 1 atom stereocenters. The van der Waals surface area contributed by atoms with Crippen LogP contribution in [-0.4, -0.2) is 25.3 Å². The number of rotatable bonds is 3. The third-order valence-corrected chi connectivity index (χ3v) is 4.93. The summed E-state index contributed by atoms with van der Waals surface area (Å²) in [4.78, 5) is 11.5. The second-order valence-corrected chi connectivity index (χ2v) is 6.74. The van der Waals surface area contributed by atoms with Gasteiger partial charge in [-0.1, -0.05) is 11.6 Å². The summed E-state index contributed by atoms with van der Waals surface area (Å²) in [6.45, 7) is 0. The number of benzene rings is 1. The predicted octanol–water partition coefficient (Wildman–Crippen LogP) is 2.18. The van der Waals surface area contributed by atoms with E-state index in [1.165, 1.54) is 24.3 Å². The normalized spacial score (nSPS) is 22.1. The van der Waals surface area contributed by atoms with Gasteiger partial charge in [-0.25, -0.2) is 13.1 Å². The Bertz CT molecular complexity index is 637. The van der Waals surface area contributed by atoms with Crippen molar-refractivity contribution in [2.75, 3.05) is 0 Å². The van der Waals surface area contributed by atoms with Gasteiger partial charge in [-0.05, 0) is 37.1 Å². The Kier molecular flexibility index (Phi) is 4.47. The Morgan fingerprint density at radius 3 is 2.55 bits per heavy atom. The molecule has 0 aromatic heterocycles. The van der Waals surface area contributed by atoms with Gasteiger partial charge in [0.2, 0.25) is 10.0 Å². The number of Topliss-reactive ketones (excluding diaryl/α,β-unsaturated/α-hetero) is 1. The Labute approximate surface area is 122 Å². The highest BCUT2D eigenvalue weighted by Crippen LogP contribution is 2.22. The molecule has 0 radical (unpaired) electrons. The zero-order valence-corrected chi connectivity index (χ0v) is 12.1. The summed E-state index contributed by atoms with van der Waals surface area (Å²) in [5, 5.41) is 9.41. The Morgan fingerprint density at radius 1 is 1.30 bits per heavy atom. The predicted molar refractivity (Wildman–Crippen MR) is 75.1 cm³/mol. The van der Waals surface area contributed by atoms with E-state index in [1.807, 2.05) is 0 Å². The van der Waals surface area contributed by atoms with Crippen molar-refractivity contribution in [3.05, 3.63) is 41.1 Å². The number of aliphatic hydroxyl groups is 1. The number of sulfonamides is 1. The average molecular weight is 316 g/mol. The van der Waals surface area contributed by atoms with Crippen LogP contribution in [-0.2, 0) is 14.8 Å².